The van der Waals surface area contributed by atoms with Crippen molar-refractivity contribution in [2.75, 3.05) is 43.0 Å². The van der Waals surface area contributed by atoms with Gasteiger partial charge in [-0.2, -0.15) is 4.31 Å². The number of nitrogens with one attached hydrogen (secondary N) is 1. The summed E-state index contributed by atoms with van der Waals surface area (Å²) in [5.74, 6) is -0.449. The van der Waals surface area contributed by atoms with E-state index in [9.17, 15) is 17.6 Å². The van der Waals surface area contributed by atoms with Crippen LogP contribution in [0.4, 0.5) is 15.8 Å². The topological polar surface area (TPSA) is 79.0 Å². The smallest absolute Gasteiger partial charge is 0.262 e. The maximum atomic E-state index is 13.0. The molecule has 0 aliphatic carbocycles. The molecule has 0 unspecified atom stereocenters. The zero-order chi connectivity index (χ0) is 22.4. The number of hydrogen-bond donors (Lipinski definition) is 1. The molecule has 0 bridgehead atoms. The van der Waals surface area contributed by atoms with Crippen LogP contribution in [-0.2, 0) is 14.8 Å². The Labute approximate surface area is 182 Å². The third-order valence-electron chi connectivity index (χ3n) is 5.22. The highest BCUT2D eigenvalue weighted by Crippen LogP contribution is 2.32. The van der Waals surface area contributed by atoms with E-state index in [2.05, 4.69) is 10.2 Å². The number of benzene rings is 2. The lowest BCUT2D eigenvalue weighted by Gasteiger charge is -2.24. The van der Waals surface area contributed by atoms with Crippen LogP contribution in [-0.4, -0.2) is 51.4 Å². The monoisotopic (exact) mass is 449 g/mol. The van der Waals surface area contributed by atoms with Crippen molar-refractivity contribution < 1.29 is 22.3 Å². The van der Waals surface area contributed by atoms with Crippen molar-refractivity contribution in [1.29, 1.82) is 0 Å². The van der Waals surface area contributed by atoms with E-state index in [0.717, 1.165) is 31.6 Å². The molecule has 0 atom stereocenters. The molecule has 1 aliphatic rings. The summed E-state index contributed by atoms with van der Waals surface area (Å²) in [4.78, 5) is 14.8. The van der Waals surface area contributed by atoms with E-state index in [4.69, 9.17) is 4.74 Å². The molecule has 2 aromatic rings. The molecule has 1 aliphatic heterocycles. The van der Waals surface area contributed by atoms with E-state index in [1.54, 1.807) is 26.0 Å². The summed E-state index contributed by atoms with van der Waals surface area (Å²) in [7, 11) is -3.66. The number of sulfonamides is 1. The number of halogens is 1. The van der Waals surface area contributed by atoms with Gasteiger partial charge in [0.2, 0.25) is 10.0 Å². The predicted octanol–water partition coefficient (Wildman–Crippen LogP) is 3.47. The molecule has 1 heterocycles. The molecule has 31 heavy (non-hydrogen) atoms. The molecule has 0 aromatic heterocycles. The standard InChI is InChI=1S/C22H28FN3O4S/c1-3-26(4-2)31(28,29)19-11-12-21(25-13-5-6-14-25)20(15-19)24-22(27)16-30-18-9-7-17(23)8-10-18/h7-12,15H,3-6,13-14,16H2,1-2H3,(H,24,27). The lowest BCUT2D eigenvalue weighted by Crippen LogP contribution is -2.31. The SMILES string of the molecule is CCN(CC)S(=O)(=O)c1ccc(N2CCCC2)c(NC(=O)COc2ccc(F)cc2)c1. The Hall–Kier alpha value is -2.65. The Morgan fingerprint density at radius 3 is 2.35 bits per heavy atom. The molecule has 1 N–H and O–H groups in total. The van der Waals surface area contributed by atoms with Crippen molar-refractivity contribution in [3.63, 3.8) is 0 Å². The molecule has 1 fully saturated rings. The number of carbonyl (C=O) groups is 1. The Bertz CT molecular complexity index is 1000. The van der Waals surface area contributed by atoms with Crippen molar-refractivity contribution >= 4 is 27.3 Å². The summed E-state index contributed by atoms with van der Waals surface area (Å²) in [6, 6.07) is 10.2. The lowest BCUT2D eigenvalue weighted by molar-refractivity contribution is -0.118. The van der Waals surface area contributed by atoms with E-state index in [1.807, 2.05) is 0 Å². The second-order valence-electron chi connectivity index (χ2n) is 7.25. The van der Waals surface area contributed by atoms with Crippen molar-refractivity contribution in [3.05, 3.63) is 48.3 Å². The fraction of sp³-hybridized carbons (Fsp3) is 0.409. The summed E-state index contributed by atoms with van der Waals surface area (Å²) in [6.07, 6.45) is 2.08. The van der Waals surface area contributed by atoms with Crippen LogP contribution in [0.2, 0.25) is 0 Å². The minimum absolute atomic E-state index is 0.133. The maximum absolute atomic E-state index is 13.0. The fourth-order valence-corrected chi connectivity index (χ4v) is 5.07. The van der Waals surface area contributed by atoms with Crippen molar-refractivity contribution in [3.8, 4) is 5.75 Å². The van der Waals surface area contributed by atoms with Gasteiger partial charge in [-0.25, -0.2) is 12.8 Å². The number of rotatable bonds is 9. The highest BCUT2D eigenvalue weighted by molar-refractivity contribution is 7.89. The number of ether oxygens (including phenoxy) is 1. The number of anilines is 2. The molecule has 0 saturated carbocycles. The van der Waals surface area contributed by atoms with E-state index in [1.165, 1.54) is 34.6 Å². The number of carbonyl (C=O) groups excluding carboxylic acids is 1. The van der Waals surface area contributed by atoms with Crippen molar-refractivity contribution in [1.82, 2.24) is 4.31 Å². The molecule has 0 radical (unpaired) electrons. The average Bonchev–Trinajstić information content (AvgIpc) is 3.28. The first-order chi connectivity index (χ1) is 14.8. The van der Waals surface area contributed by atoms with Gasteiger partial charge in [0.05, 0.1) is 16.3 Å². The van der Waals surface area contributed by atoms with E-state index in [-0.39, 0.29) is 11.5 Å². The van der Waals surface area contributed by atoms with Crippen LogP contribution in [0.5, 0.6) is 5.75 Å². The van der Waals surface area contributed by atoms with Gasteiger partial charge in [-0.1, -0.05) is 13.8 Å². The van der Waals surface area contributed by atoms with Gasteiger partial charge in [0.25, 0.3) is 5.91 Å². The van der Waals surface area contributed by atoms with Crippen LogP contribution < -0.4 is 15.0 Å². The highest BCUT2D eigenvalue weighted by atomic mass is 32.2. The molecule has 9 heteroatoms. The zero-order valence-corrected chi connectivity index (χ0v) is 18.6. The van der Waals surface area contributed by atoms with Crippen LogP contribution in [0.1, 0.15) is 26.7 Å². The van der Waals surface area contributed by atoms with Crippen molar-refractivity contribution in [2.45, 2.75) is 31.6 Å². The van der Waals surface area contributed by atoms with Gasteiger partial charge < -0.3 is 15.0 Å². The second-order valence-corrected chi connectivity index (χ2v) is 9.19. The third kappa shape index (κ3) is 5.54. The molecular weight excluding hydrogens is 421 g/mol. The summed E-state index contributed by atoms with van der Waals surface area (Å²) in [5, 5.41) is 2.79. The Kier molecular flexibility index (Phi) is 7.50. The lowest BCUT2D eigenvalue weighted by atomic mass is 10.2. The first-order valence-electron chi connectivity index (χ1n) is 10.4. The Balaban J connectivity index is 1.83. The molecule has 1 saturated heterocycles. The predicted molar refractivity (Wildman–Crippen MR) is 119 cm³/mol. The third-order valence-corrected chi connectivity index (χ3v) is 7.26. The van der Waals surface area contributed by atoms with Gasteiger partial charge in [-0.15, -0.1) is 0 Å². The highest BCUT2D eigenvalue weighted by Gasteiger charge is 2.25. The normalized spacial score (nSPS) is 14.1. The van der Waals surface area contributed by atoms with E-state index in [0.29, 0.717) is 24.5 Å². The van der Waals surface area contributed by atoms with Crippen molar-refractivity contribution in [2.24, 2.45) is 0 Å². The molecular formula is C22H28FN3O4S. The summed E-state index contributed by atoms with van der Waals surface area (Å²) in [5.41, 5.74) is 1.22. The minimum Gasteiger partial charge on any atom is -0.484 e. The van der Waals surface area contributed by atoms with Gasteiger partial charge >= 0.3 is 0 Å². The van der Waals surface area contributed by atoms with Gasteiger partial charge in [-0.3, -0.25) is 4.79 Å². The molecule has 168 valence electrons. The van der Waals surface area contributed by atoms with E-state index >= 15 is 0 Å². The fourth-order valence-electron chi connectivity index (χ4n) is 3.59. The van der Waals surface area contributed by atoms with Gasteiger partial charge in [0, 0.05) is 26.2 Å². The Morgan fingerprint density at radius 1 is 1.10 bits per heavy atom. The van der Waals surface area contributed by atoms with Gasteiger partial charge in [0.15, 0.2) is 6.61 Å². The van der Waals surface area contributed by atoms with E-state index < -0.39 is 21.7 Å². The second kappa shape index (κ2) is 10.1. The van der Waals surface area contributed by atoms with Gasteiger partial charge in [-0.05, 0) is 55.3 Å². The summed E-state index contributed by atoms with van der Waals surface area (Å²) in [6.45, 7) is 5.70. The van der Waals surface area contributed by atoms with Crippen LogP contribution >= 0.6 is 0 Å². The maximum Gasteiger partial charge on any atom is 0.262 e. The molecule has 1 amide bonds. The van der Waals surface area contributed by atoms with Crippen LogP contribution in [0.15, 0.2) is 47.4 Å². The van der Waals surface area contributed by atoms with Crippen LogP contribution in [0.25, 0.3) is 0 Å². The molecule has 7 nitrogen and oxygen atoms in total. The van der Waals surface area contributed by atoms with Gasteiger partial charge in [0.1, 0.15) is 11.6 Å². The first kappa shape index (κ1) is 23.0. The zero-order valence-electron chi connectivity index (χ0n) is 17.8. The molecule has 0 spiro atoms. The number of nitrogens with zero attached hydrogens (tertiary/aromatic N) is 2. The quantitative estimate of drug-likeness (QED) is 0.634. The summed E-state index contributed by atoms with van der Waals surface area (Å²) < 4.78 is 45.7. The molecule has 3 rings (SSSR count). The largest absolute Gasteiger partial charge is 0.484 e. The summed E-state index contributed by atoms with van der Waals surface area (Å²) >= 11 is 0. The molecule has 2 aromatic carbocycles. The van der Waals surface area contributed by atoms with Crippen LogP contribution in [0, 0.1) is 5.82 Å². The number of hydrogen-bond acceptors (Lipinski definition) is 5. The van der Waals surface area contributed by atoms with Crippen LogP contribution in [0.3, 0.4) is 0 Å². The average molecular weight is 450 g/mol. The first-order valence-corrected chi connectivity index (χ1v) is 11.9. The minimum atomic E-state index is -3.66. The number of amides is 1. The Morgan fingerprint density at radius 2 is 1.74 bits per heavy atom.